The number of hydrogen-bond acceptors (Lipinski definition) is 3. The fourth-order valence-corrected chi connectivity index (χ4v) is 2.50. The number of rotatable bonds is 2. The van der Waals surface area contributed by atoms with Crippen LogP contribution in [0.1, 0.15) is 18.9 Å². The molecule has 0 saturated carbocycles. The van der Waals surface area contributed by atoms with E-state index < -0.39 is 0 Å². The minimum Gasteiger partial charge on any atom is -0.371 e. The number of aryl methyl sites for hydroxylation is 1. The van der Waals surface area contributed by atoms with Crippen LogP contribution in [0.4, 0.5) is 5.69 Å². The largest absolute Gasteiger partial charge is 0.371 e. The second kappa shape index (κ2) is 4.83. The van der Waals surface area contributed by atoms with Gasteiger partial charge in [0, 0.05) is 31.2 Å². The highest BCUT2D eigenvalue weighted by Gasteiger charge is 2.25. The Morgan fingerprint density at radius 1 is 1.56 bits per heavy atom. The molecule has 0 aliphatic carbocycles. The van der Waals surface area contributed by atoms with Gasteiger partial charge in [-0.2, -0.15) is 0 Å². The third kappa shape index (κ3) is 2.19. The van der Waals surface area contributed by atoms with Gasteiger partial charge in [0.2, 0.25) is 0 Å². The molecule has 1 aromatic rings. The first-order valence-corrected chi connectivity index (χ1v) is 6.08. The van der Waals surface area contributed by atoms with Gasteiger partial charge in [-0.05, 0) is 43.4 Å². The number of aromatic nitrogens is 1. The van der Waals surface area contributed by atoms with E-state index in [2.05, 4.69) is 29.8 Å². The van der Waals surface area contributed by atoms with Crippen molar-refractivity contribution in [2.75, 3.05) is 24.5 Å². The van der Waals surface area contributed by atoms with Crippen LogP contribution < -0.4 is 10.6 Å². The molecule has 88 valence electrons. The lowest BCUT2D eigenvalue weighted by Crippen LogP contribution is -2.42. The van der Waals surface area contributed by atoms with Crippen molar-refractivity contribution in [3.8, 4) is 0 Å². The first-order chi connectivity index (χ1) is 7.72. The molecule has 2 rings (SSSR count). The summed E-state index contributed by atoms with van der Waals surface area (Å²) in [6.07, 6.45) is 5.05. The number of piperidine rings is 1. The van der Waals surface area contributed by atoms with Crippen molar-refractivity contribution in [1.82, 2.24) is 4.98 Å². The predicted octanol–water partition coefficient (Wildman–Crippen LogP) is 1.81. The molecule has 0 radical (unpaired) electrons. The van der Waals surface area contributed by atoms with Crippen LogP contribution in [-0.2, 0) is 0 Å². The van der Waals surface area contributed by atoms with Crippen LogP contribution in [0, 0.1) is 18.8 Å². The van der Waals surface area contributed by atoms with Gasteiger partial charge >= 0.3 is 0 Å². The van der Waals surface area contributed by atoms with Crippen molar-refractivity contribution in [1.29, 1.82) is 0 Å². The number of pyridine rings is 1. The van der Waals surface area contributed by atoms with Gasteiger partial charge in [-0.1, -0.05) is 6.92 Å². The number of hydrogen-bond donors (Lipinski definition) is 1. The topological polar surface area (TPSA) is 42.2 Å². The molecular weight excluding hydrogens is 198 g/mol. The number of anilines is 1. The van der Waals surface area contributed by atoms with Crippen molar-refractivity contribution in [2.24, 2.45) is 17.6 Å². The summed E-state index contributed by atoms with van der Waals surface area (Å²) < 4.78 is 0. The summed E-state index contributed by atoms with van der Waals surface area (Å²) in [4.78, 5) is 6.60. The Hall–Kier alpha value is -1.09. The Morgan fingerprint density at radius 3 is 3.06 bits per heavy atom. The van der Waals surface area contributed by atoms with Crippen LogP contribution in [0.3, 0.4) is 0 Å². The van der Waals surface area contributed by atoms with Crippen LogP contribution in [-0.4, -0.2) is 24.6 Å². The van der Waals surface area contributed by atoms with E-state index in [4.69, 9.17) is 5.73 Å². The van der Waals surface area contributed by atoms with E-state index in [1.54, 1.807) is 0 Å². The van der Waals surface area contributed by atoms with E-state index in [0.29, 0.717) is 5.92 Å². The maximum atomic E-state index is 5.83. The molecule has 16 heavy (non-hydrogen) atoms. The lowest BCUT2D eigenvalue weighted by atomic mass is 9.87. The smallest absolute Gasteiger partial charge is 0.0426 e. The lowest BCUT2D eigenvalue weighted by molar-refractivity contribution is 0.307. The third-order valence-corrected chi connectivity index (χ3v) is 3.75. The average molecular weight is 219 g/mol. The van der Waals surface area contributed by atoms with Crippen molar-refractivity contribution < 1.29 is 0 Å². The number of nitrogens with two attached hydrogens (primary N) is 1. The van der Waals surface area contributed by atoms with Crippen LogP contribution in [0.2, 0.25) is 0 Å². The summed E-state index contributed by atoms with van der Waals surface area (Å²) in [6.45, 7) is 7.46. The maximum absolute atomic E-state index is 5.83. The van der Waals surface area contributed by atoms with Crippen LogP contribution >= 0.6 is 0 Å². The van der Waals surface area contributed by atoms with E-state index >= 15 is 0 Å². The van der Waals surface area contributed by atoms with Gasteiger partial charge in [0.25, 0.3) is 0 Å². The highest BCUT2D eigenvalue weighted by Crippen LogP contribution is 2.28. The van der Waals surface area contributed by atoms with Gasteiger partial charge in [0.05, 0.1) is 0 Å². The van der Waals surface area contributed by atoms with Gasteiger partial charge < -0.3 is 10.6 Å². The van der Waals surface area contributed by atoms with Crippen LogP contribution in [0.15, 0.2) is 18.5 Å². The quantitative estimate of drug-likeness (QED) is 0.825. The van der Waals surface area contributed by atoms with Gasteiger partial charge in [-0.25, -0.2) is 0 Å². The fraction of sp³-hybridized carbons (Fsp3) is 0.615. The van der Waals surface area contributed by atoms with Crippen molar-refractivity contribution in [3.63, 3.8) is 0 Å². The van der Waals surface area contributed by atoms with Gasteiger partial charge in [0.1, 0.15) is 0 Å². The zero-order valence-corrected chi connectivity index (χ0v) is 10.2. The Balaban J connectivity index is 2.14. The molecule has 0 amide bonds. The van der Waals surface area contributed by atoms with E-state index in [9.17, 15) is 0 Å². The van der Waals surface area contributed by atoms with Crippen LogP contribution in [0.25, 0.3) is 0 Å². The molecule has 1 aliphatic heterocycles. The van der Waals surface area contributed by atoms with Crippen molar-refractivity contribution >= 4 is 5.69 Å². The fourth-order valence-electron chi connectivity index (χ4n) is 2.50. The normalized spacial score (nSPS) is 25.8. The zero-order valence-electron chi connectivity index (χ0n) is 10.2. The minimum absolute atomic E-state index is 0.626. The summed E-state index contributed by atoms with van der Waals surface area (Å²) in [5.41, 5.74) is 8.41. The SMILES string of the molecule is Cc1cnccc1N1CCC(C)C(CN)C1. The van der Waals surface area contributed by atoms with Gasteiger partial charge in [0.15, 0.2) is 0 Å². The summed E-state index contributed by atoms with van der Waals surface area (Å²) in [7, 11) is 0. The Bertz CT molecular complexity index is 351. The average Bonchev–Trinajstić information content (AvgIpc) is 2.31. The summed E-state index contributed by atoms with van der Waals surface area (Å²) in [5, 5.41) is 0. The van der Waals surface area contributed by atoms with Crippen molar-refractivity contribution in [3.05, 3.63) is 24.0 Å². The Morgan fingerprint density at radius 2 is 2.38 bits per heavy atom. The molecule has 3 heteroatoms. The standard InChI is InChI=1S/C13H21N3/c1-10-4-6-16(9-12(10)7-14)13-3-5-15-8-11(13)2/h3,5,8,10,12H,4,6-7,9,14H2,1-2H3. The van der Waals surface area contributed by atoms with Gasteiger partial charge in [-0.3, -0.25) is 4.98 Å². The monoisotopic (exact) mass is 219 g/mol. The number of nitrogens with zero attached hydrogens (tertiary/aromatic N) is 2. The molecule has 0 spiro atoms. The van der Waals surface area contributed by atoms with Crippen LogP contribution in [0.5, 0.6) is 0 Å². The first-order valence-electron chi connectivity index (χ1n) is 6.08. The van der Waals surface area contributed by atoms with E-state index in [-0.39, 0.29) is 0 Å². The third-order valence-electron chi connectivity index (χ3n) is 3.75. The molecule has 2 atom stereocenters. The molecule has 3 nitrogen and oxygen atoms in total. The van der Waals surface area contributed by atoms with E-state index in [0.717, 1.165) is 25.6 Å². The molecule has 0 aromatic carbocycles. The summed E-state index contributed by atoms with van der Waals surface area (Å²) in [6, 6.07) is 2.11. The van der Waals surface area contributed by atoms with E-state index in [1.165, 1.54) is 17.7 Å². The minimum atomic E-state index is 0.626. The summed E-state index contributed by atoms with van der Waals surface area (Å²) in [5.74, 6) is 1.38. The molecule has 2 heterocycles. The predicted molar refractivity (Wildman–Crippen MR) is 67.5 cm³/mol. The molecule has 2 N–H and O–H groups in total. The molecule has 1 fully saturated rings. The lowest BCUT2D eigenvalue weighted by Gasteiger charge is -2.38. The molecule has 2 unspecified atom stereocenters. The highest BCUT2D eigenvalue weighted by atomic mass is 15.1. The highest BCUT2D eigenvalue weighted by molar-refractivity contribution is 5.51. The summed E-state index contributed by atoms with van der Waals surface area (Å²) >= 11 is 0. The molecule has 1 aromatic heterocycles. The van der Waals surface area contributed by atoms with Crippen molar-refractivity contribution in [2.45, 2.75) is 20.3 Å². The van der Waals surface area contributed by atoms with Gasteiger partial charge in [-0.15, -0.1) is 0 Å². The van der Waals surface area contributed by atoms with E-state index in [1.807, 2.05) is 12.4 Å². The first kappa shape index (κ1) is 11.4. The molecule has 1 saturated heterocycles. The molecule has 0 bridgehead atoms. The zero-order chi connectivity index (χ0) is 11.5. The molecular formula is C13H21N3. The second-order valence-corrected chi connectivity index (χ2v) is 4.87. The second-order valence-electron chi connectivity index (χ2n) is 4.87. The Labute approximate surface area is 97.7 Å². The molecule has 1 aliphatic rings. The Kier molecular flexibility index (Phi) is 3.44. The maximum Gasteiger partial charge on any atom is 0.0426 e.